The van der Waals surface area contributed by atoms with Crippen LogP contribution in [-0.2, 0) is 15.7 Å². The summed E-state index contributed by atoms with van der Waals surface area (Å²) in [5, 5.41) is 6.32. The predicted molar refractivity (Wildman–Crippen MR) is 109 cm³/mol. The molecule has 0 unspecified atom stereocenters. The van der Waals surface area contributed by atoms with Crippen molar-refractivity contribution >= 4 is 36.5 Å². The number of piperidine rings is 2. The zero-order chi connectivity index (χ0) is 19.5. The SMILES string of the molecule is COC1(C(=O)NC2CCN(c3ccc(C(F)(F)F)cn3)CC2)CCNCC1.Cl.Cl. The van der Waals surface area contributed by atoms with E-state index in [2.05, 4.69) is 15.6 Å². The van der Waals surface area contributed by atoms with Crippen molar-refractivity contribution < 1.29 is 22.7 Å². The van der Waals surface area contributed by atoms with Crippen molar-refractivity contribution in [3.05, 3.63) is 23.9 Å². The first kappa shape index (κ1) is 25.7. The summed E-state index contributed by atoms with van der Waals surface area (Å²) in [6.07, 6.45) is -0.802. The topological polar surface area (TPSA) is 66.5 Å². The largest absolute Gasteiger partial charge is 0.417 e. The van der Waals surface area contributed by atoms with Gasteiger partial charge in [0.15, 0.2) is 0 Å². The van der Waals surface area contributed by atoms with Crippen molar-refractivity contribution in [2.24, 2.45) is 0 Å². The molecule has 2 aliphatic heterocycles. The van der Waals surface area contributed by atoms with E-state index in [-0.39, 0.29) is 36.8 Å². The van der Waals surface area contributed by atoms with Crippen LogP contribution in [0.25, 0.3) is 0 Å². The highest BCUT2D eigenvalue weighted by Crippen LogP contribution is 2.30. The lowest BCUT2D eigenvalue weighted by atomic mass is 9.90. The maximum Gasteiger partial charge on any atom is 0.417 e. The summed E-state index contributed by atoms with van der Waals surface area (Å²) >= 11 is 0. The molecule has 0 saturated carbocycles. The van der Waals surface area contributed by atoms with Crippen LogP contribution in [0.15, 0.2) is 18.3 Å². The van der Waals surface area contributed by atoms with Gasteiger partial charge in [-0.15, -0.1) is 24.8 Å². The van der Waals surface area contributed by atoms with Gasteiger partial charge < -0.3 is 20.3 Å². The van der Waals surface area contributed by atoms with Crippen molar-refractivity contribution in [2.45, 2.75) is 43.5 Å². The molecular formula is C18H27Cl2F3N4O2. The maximum atomic E-state index is 12.7. The molecular weight excluding hydrogens is 432 g/mol. The monoisotopic (exact) mass is 458 g/mol. The second-order valence-electron chi connectivity index (χ2n) is 7.09. The van der Waals surface area contributed by atoms with Gasteiger partial charge in [0.05, 0.1) is 5.56 Å². The van der Waals surface area contributed by atoms with Crippen LogP contribution >= 0.6 is 24.8 Å². The third-order valence-corrected chi connectivity index (χ3v) is 5.45. The van der Waals surface area contributed by atoms with Crippen LogP contribution in [0.3, 0.4) is 0 Å². The quantitative estimate of drug-likeness (QED) is 0.725. The van der Waals surface area contributed by atoms with E-state index in [0.29, 0.717) is 44.6 Å². The van der Waals surface area contributed by atoms with E-state index in [1.165, 1.54) is 6.07 Å². The van der Waals surface area contributed by atoms with Gasteiger partial charge in [-0.2, -0.15) is 13.2 Å². The van der Waals surface area contributed by atoms with Crippen molar-refractivity contribution in [3.8, 4) is 0 Å². The Morgan fingerprint density at radius 1 is 1.24 bits per heavy atom. The van der Waals surface area contributed by atoms with Crippen molar-refractivity contribution in [1.82, 2.24) is 15.6 Å². The zero-order valence-corrected chi connectivity index (χ0v) is 17.8. The molecule has 1 amide bonds. The van der Waals surface area contributed by atoms with Gasteiger partial charge in [-0.25, -0.2) is 4.98 Å². The highest BCUT2D eigenvalue weighted by atomic mass is 35.5. The Morgan fingerprint density at radius 2 is 1.86 bits per heavy atom. The fraction of sp³-hybridized carbons (Fsp3) is 0.667. The summed E-state index contributed by atoms with van der Waals surface area (Å²) in [5.41, 5.74) is -1.52. The molecule has 166 valence electrons. The Balaban J connectivity index is 0.00000210. The van der Waals surface area contributed by atoms with Crippen LogP contribution in [0.4, 0.5) is 19.0 Å². The number of nitrogens with one attached hydrogen (secondary N) is 2. The molecule has 6 nitrogen and oxygen atoms in total. The van der Waals surface area contributed by atoms with Gasteiger partial charge in [0.2, 0.25) is 0 Å². The lowest BCUT2D eigenvalue weighted by molar-refractivity contribution is -0.147. The number of nitrogens with zero attached hydrogens (tertiary/aromatic N) is 2. The molecule has 3 rings (SSSR count). The first-order valence-electron chi connectivity index (χ1n) is 9.19. The third kappa shape index (κ3) is 6.10. The number of carbonyl (C=O) groups is 1. The zero-order valence-electron chi connectivity index (χ0n) is 16.1. The molecule has 0 spiro atoms. The number of anilines is 1. The van der Waals surface area contributed by atoms with Crippen LogP contribution in [0.1, 0.15) is 31.2 Å². The van der Waals surface area contributed by atoms with Gasteiger partial charge in [-0.3, -0.25) is 4.79 Å². The van der Waals surface area contributed by atoms with Gasteiger partial charge >= 0.3 is 6.18 Å². The fourth-order valence-electron chi connectivity index (χ4n) is 3.67. The highest BCUT2D eigenvalue weighted by Gasteiger charge is 2.40. The first-order valence-corrected chi connectivity index (χ1v) is 9.19. The minimum absolute atomic E-state index is 0. The molecule has 1 aromatic heterocycles. The standard InChI is InChI=1S/C18H25F3N4O2.2ClH/c1-27-17(6-8-22-9-7-17)16(26)24-14-4-10-25(11-5-14)15-3-2-13(12-23-15)18(19,20)21;;/h2-3,12,14,22H,4-11H2,1H3,(H,24,26);2*1H. The molecule has 3 heterocycles. The van der Waals surface area contributed by atoms with E-state index < -0.39 is 17.3 Å². The lowest BCUT2D eigenvalue weighted by Crippen LogP contribution is -2.57. The van der Waals surface area contributed by atoms with Crippen molar-refractivity contribution in [2.75, 3.05) is 38.2 Å². The molecule has 2 saturated heterocycles. The van der Waals surface area contributed by atoms with Crippen LogP contribution in [0.2, 0.25) is 0 Å². The number of pyridine rings is 1. The molecule has 0 aliphatic carbocycles. The summed E-state index contributed by atoms with van der Waals surface area (Å²) in [7, 11) is 1.57. The number of methoxy groups -OCH3 is 1. The van der Waals surface area contributed by atoms with Gasteiger partial charge in [0, 0.05) is 32.4 Å². The molecule has 2 N–H and O–H groups in total. The summed E-state index contributed by atoms with van der Waals surface area (Å²) in [6.45, 7) is 2.76. The summed E-state index contributed by atoms with van der Waals surface area (Å²) in [4.78, 5) is 18.6. The third-order valence-electron chi connectivity index (χ3n) is 5.45. The van der Waals surface area contributed by atoms with E-state index in [4.69, 9.17) is 4.74 Å². The number of aromatic nitrogens is 1. The minimum atomic E-state index is -4.38. The Labute approximate surface area is 180 Å². The summed E-state index contributed by atoms with van der Waals surface area (Å²) < 4.78 is 43.5. The van der Waals surface area contributed by atoms with Crippen molar-refractivity contribution in [3.63, 3.8) is 0 Å². The summed E-state index contributed by atoms with van der Waals surface area (Å²) in [5.74, 6) is 0.456. The molecule has 2 aliphatic rings. The number of alkyl halides is 3. The number of ether oxygens (including phenoxy) is 1. The van der Waals surface area contributed by atoms with Crippen LogP contribution in [0.5, 0.6) is 0 Å². The molecule has 0 radical (unpaired) electrons. The van der Waals surface area contributed by atoms with Crippen LogP contribution < -0.4 is 15.5 Å². The molecule has 0 atom stereocenters. The number of halogens is 5. The minimum Gasteiger partial charge on any atom is -0.368 e. The number of rotatable bonds is 4. The summed E-state index contributed by atoms with van der Waals surface area (Å²) in [6, 6.07) is 2.48. The van der Waals surface area contributed by atoms with E-state index in [9.17, 15) is 18.0 Å². The highest BCUT2D eigenvalue weighted by molar-refractivity contribution is 5.86. The lowest BCUT2D eigenvalue weighted by Gasteiger charge is -2.38. The van der Waals surface area contributed by atoms with E-state index in [0.717, 1.165) is 25.4 Å². The van der Waals surface area contributed by atoms with Crippen LogP contribution in [0, 0.1) is 0 Å². The Bertz CT molecular complexity index is 648. The van der Waals surface area contributed by atoms with E-state index in [1.807, 2.05) is 4.90 Å². The maximum absolute atomic E-state index is 12.7. The number of hydrogen-bond acceptors (Lipinski definition) is 5. The second kappa shape index (κ2) is 10.7. The second-order valence-corrected chi connectivity index (χ2v) is 7.09. The molecule has 2 fully saturated rings. The van der Waals surface area contributed by atoms with Crippen molar-refractivity contribution in [1.29, 1.82) is 0 Å². The van der Waals surface area contributed by atoms with Gasteiger partial charge in [0.25, 0.3) is 5.91 Å². The van der Waals surface area contributed by atoms with Gasteiger partial charge in [-0.05, 0) is 50.9 Å². The Hall–Kier alpha value is -1.29. The van der Waals surface area contributed by atoms with Gasteiger partial charge in [-0.1, -0.05) is 0 Å². The van der Waals surface area contributed by atoms with Gasteiger partial charge in [0.1, 0.15) is 11.4 Å². The first-order chi connectivity index (χ1) is 12.8. The molecule has 0 bridgehead atoms. The predicted octanol–water partition coefficient (Wildman–Crippen LogP) is 2.80. The normalized spacial score (nSPS) is 19.7. The van der Waals surface area contributed by atoms with E-state index in [1.54, 1.807) is 7.11 Å². The Morgan fingerprint density at radius 3 is 2.34 bits per heavy atom. The Kier molecular flexibility index (Phi) is 9.46. The number of carbonyl (C=O) groups excluding carboxylic acids is 1. The molecule has 1 aromatic rings. The molecule has 11 heteroatoms. The smallest absolute Gasteiger partial charge is 0.368 e. The van der Waals surface area contributed by atoms with Crippen LogP contribution in [-0.4, -0.2) is 55.8 Å². The average Bonchev–Trinajstić information content (AvgIpc) is 2.68. The number of hydrogen-bond donors (Lipinski definition) is 2. The fourth-order valence-corrected chi connectivity index (χ4v) is 3.67. The average molecular weight is 459 g/mol. The number of amides is 1. The van der Waals surface area contributed by atoms with E-state index >= 15 is 0 Å². The molecule has 29 heavy (non-hydrogen) atoms. The molecule has 0 aromatic carbocycles.